The molecule has 6 heteroatoms. The van der Waals surface area contributed by atoms with Gasteiger partial charge in [-0.15, -0.1) is 10.6 Å². The van der Waals surface area contributed by atoms with Crippen molar-refractivity contribution in [3.05, 3.63) is 95.6 Å². The summed E-state index contributed by atoms with van der Waals surface area (Å²) in [5, 5.41) is 7.57. The van der Waals surface area contributed by atoms with E-state index in [0.29, 0.717) is 13.2 Å². The van der Waals surface area contributed by atoms with Crippen LogP contribution in [0.15, 0.2) is 84.0 Å². The molecule has 6 nitrogen and oxygen atoms in total. The SMILES string of the molecule is c1ccc(COc2cccc(CNc3cccc(C4=NNNN4)c3)c2)cc1. The van der Waals surface area contributed by atoms with Crippen LogP contribution in [0.25, 0.3) is 0 Å². The largest absolute Gasteiger partial charge is 0.489 e. The van der Waals surface area contributed by atoms with Crippen molar-refractivity contribution >= 4 is 11.5 Å². The Kier molecular flexibility index (Phi) is 5.17. The van der Waals surface area contributed by atoms with E-state index in [9.17, 15) is 0 Å². The van der Waals surface area contributed by atoms with Gasteiger partial charge in [-0.3, -0.25) is 5.43 Å². The lowest BCUT2D eigenvalue weighted by Crippen LogP contribution is -2.35. The van der Waals surface area contributed by atoms with Gasteiger partial charge in [-0.1, -0.05) is 54.6 Å². The molecule has 0 atom stereocenters. The Morgan fingerprint density at radius 1 is 0.852 bits per heavy atom. The predicted octanol–water partition coefficient (Wildman–Crippen LogP) is 3.15. The summed E-state index contributed by atoms with van der Waals surface area (Å²) < 4.78 is 5.91. The molecule has 0 fully saturated rings. The molecule has 3 aromatic carbocycles. The third-order valence-electron chi connectivity index (χ3n) is 4.18. The summed E-state index contributed by atoms with van der Waals surface area (Å²) >= 11 is 0. The summed E-state index contributed by atoms with van der Waals surface area (Å²) in [6, 6.07) is 26.4. The molecule has 1 aliphatic heterocycles. The van der Waals surface area contributed by atoms with Crippen molar-refractivity contribution in [3.63, 3.8) is 0 Å². The Balaban J connectivity index is 1.36. The van der Waals surface area contributed by atoms with Crippen LogP contribution in [-0.4, -0.2) is 5.84 Å². The number of nitrogens with one attached hydrogen (secondary N) is 4. The molecule has 3 aromatic rings. The molecule has 4 rings (SSSR count). The molecule has 1 aliphatic rings. The van der Waals surface area contributed by atoms with Gasteiger partial charge in [0.25, 0.3) is 0 Å². The first kappa shape index (κ1) is 16.9. The number of rotatable bonds is 7. The summed E-state index contributed by atoms with van der Waals surface area (Å²) in [7, 11) is 0. The Hall–Kier alpha value is -3.51. The van der Waals surface area contributed by atoms with Gasteiger partial charge >= 0.3 is 0 Å². The van der Waals surface area contributed by atoms with Crippen molar-refractivity contribution < 1.29 is 4.74 Å². The quantitative estimate of drug-likeness (QED) is 0.522. The number of hydrogen-bond donors (Lipinski definition) is 4. The minimum Gasteiger partial charge on any atom is -0.489 e. The third kappa shape index (κ3) is 4.56. The van der Waals surface area contributed by atoms with Gasteiger partial charge in [0, 0.05) is 17.8 Å². The zero-order valence-corrected chi connectivity index (χ0v) is 14.8. The lowest BCUT2D eigenvalue weighted by Gasteiger charge is -2.11. The zero-order valence-electron chi connectivity index (χ0n) is 14.8. The average Bonchev–Trinajstić information content (AvgIpc) is 3.27. The molecule has 4 N–H and O–H groups in total. The Bertz CT molecular complexity index is 927. The van der Waals surface area contributed by atoms with Crippen molar-refractivity contribution in [3.8, 4) is 5.75 Å². The number of ether oxygens (including phenoxy) is 1. The smallest absolute Gasteiger partial charge is 0.170 e. The Morgan fingerprint density at radius 3 is 2.56 bits per heavy atom. The molecular formula is C21H21N5O. The van der Waals surface area contributed by atoms with Crippen LogP contribution < -0.4 is 26.5 Å². The Labute approximate surface area is 158 Å². The highest BCUT2D eigenvalue weighted by Crippen LogP contribution is 2.17. The number of amidine groups is 1. The van der Waals surface area contributed by atoms with Crippen LogP contribution in [-0.2, 0) is 13.2 Å². The van der Waals surface area contributed by atoms with Crippen LogP contribution in [0.1, 0.15) is 16.7 Å². The highest BCUT2D eigenvalue weighted by atomic mass is 16.5. The summed E-state index contributed by atoms with van der Waals surface area (Å²) in [5.74, 6) is 1.63. The molecule has 0 saturated heterocycles. The highest BCUT2D eigenvalue weighted by Gasteiger charge is 2.08. The molecule has 27 heavy (non-hydrogen) atoms. The Morgan fingerprint density at radius 2 is 1.70 bits per heavy atom. The van der Waals surface area contributed by atoms with E-state index in [4.69, 9.17) is 4.74 Å². The van der Waals surface area contributed by atoms with Crippen LogP contribution in [0, 0.1) is 0 Å². The first-order chi connectivity index (χ1) is 13.4. The fraction of sp³-hybridized carbons (Fsp3) is 0.0952. The summed E-state index contributed by atoms with van der Waals surface area (Å²) in [4.78, 5) is 0. The second-order valence-electron chi connectivity index (χ2n) is 6.18. The maximum atomic E-state index is 5.91. The van der Waals surface area contributed by atoms with E-state index in [1.165, 1.54) is 0 Å². The standard InChI is InChI=1S/C21H21N5O/c1-2-6-16(7-3-1)15-27-20-11-4-8-17(12-20)14-22-19-10-5-9-18(13-19)21-23-25-26-24-21/h1-13,22,25-26H,14-15H2,(H,23,24). The first-order valence-electron chi connectivity index (χ1n) is 8.80. The van der Waals surface area contributed by atoms with Crippen molar-refractivity contribution in [1.82, 2.24) is 16.5 Å². The molecule has 0 radical (unpaired) electrons. The highest BCUT2D eigenvalue weighted by molar-refractivity contribution is 5.99. The van der Waals surface area contributed by atoms with Crippen LogP contribution in [0.4, 0.5) is 5.69 Å². The van der Waals surface area contributed by atoms with Crippen molar-refractivity contribution in [1.29, 1.82) is 0 Å². The number of anilines is 1. The number of hydrazine groups is 2. The van der Waals surface area contributed by atoms with Gasteiger partial charge < -0.3 is 10.1 Å². The van der Waals surface area contributed by atoms with Crippen molar-refractivity contribution in [2.75, 3.05) is 5.32 Å². The molecule has 0 saturated carbocycles. The second kappa shape index (κ2) is 8.25. The van der Waals surface area contributed by atoms with Crippen LogP contribution in [0.2, 0.25) is 0 Å². The summed E-state index contributed by atoms with van der Waals surface area (Å²) in [6.45, 7) is 1.28. The number of hydrazone groups is 1. The van der Waals surface area contributed by atoms with Crippen LogP contribution >= 0.6 is 0 Å². The number of hydrogen-bond acceptors (Lipinski definition) is 6. The average molecular weight is 359 g/mol. The maximum Gasteiger partial charge on any atom is 0.170 e. The van der Waals surface area contributed by atoms with Gasteiger partial charge in [0.1, 0.15) is 12.4 Å². The molecule has 0 amide bonds. The fourth-order valence-corrected chi connectivity index (χ4v) is 2.80. The van der Waals surface area contributed by atoms with E-state index in [0.717, 1.165) is 34.0 Å². The molecule has 0 aliphatic carbocycles. The molecular weight excluding hydrogens is 338 g/mol. The van der Waals surface area contributed by atoms with Crippen molar-refractivity contribution in [2.45, 2.75) is 13.2 Å². The van der Waals surface area contributed by atoms with Gasteiger partial charge in [-0.25, -0.2) is 5.53 Å². The lowest BCUT2D eigenvalue weighted by atomic mass is 10.1. The third-order valence-corrected chi connectivity index (χ3v) is 4.18. The lowest BCUT2D eigenvalue weighted by molar-refractivity contribution is 0.306. The van der Waals surface area contributed by atoms with E-state index in [1.54, 1.807) is 0 Å². The summed E-state index contributed by atoms with van der Waals surface area (Å²) in [5.41, 5.74) is 12.7. The monoisotopic (exact) mass is 359 g/mol. The second-order valence-corrected chi connectivity index (χ2v) is 6.18. The van der Waals surface area contributed by atoms with Gasteiger partial charge in [0.2, 0.25) is 0 Å². The first-order valence-corrected chi connectivity index (χ1v) is 8.80. The number of nitrogens with zero attached hydrogens (tertiary/aromatic N) is 1. The van der Waals surface area contributed by atoms with Gasteiger partial charge in [0.15, 0.2) is 5.84 Å². The topological polar surface area (TPSA) is 69.7 Å². The molecule has 0 aromatic heterocycles. The minimum absolute atomic E-state index is 0.566. The van der Waals surface area contributed by atoms with Gasteiger partial charge in [-0.05, 0) is 35.4 Å². The molecule has 0 spiro atoms. The minimum atomic E-state index is 0.566. The zero-order chi connectivity index (χ0) is 18.3. The van der Waals surface area contributed by atoms with Gasteiger partial charge in [-0.2, -0.15) is 0 Å². The maximum absolute atomic E-state index is 5.91. The molecule has 136 valence electrons. The predicted molar refractivity (Wildman–Crippen MR) is 107 cm³/mol. The van der Waals surface area contributed by atoms with Gasteiger partial charge in [0.05, 0.1) is 0 Å². The molecule has 0 unspecified atom stereocenters. The van der Waals surface area contributed by atoms with E-state index >= 15 is 0 Å². The molecule has 0 bridgehead atoms. The summed E-state index contributed by atoms with van der Waals surface area (Å²) in [6.07, 6.45) is 0. The normalized spacial score (nSPS) is 12.7. The van der Waals surface area contributed by atoms with Crippen LogP contribution in [0.5, 0.6) is 5.75 Å². The number of benzene rings is 3. The molecule has 1 heterocycles. The van der Waals surface area contributed by atoms with E-state index in [2.05, 4.69) is 57.2 Å². The van der Waals surface area contributed by atoms with E-state index < -0.39 is 0 Å². The van der Waals surface area contributed by atoms with Crippen LogP contribution in [0.3, 0.4) is 0 Å². The van der Waals surface area contributed by atoms with E-state index in [-0.39, 0.29) is 0 Å². The van der Waals surface area contributed by atoms with Crippen molar-refractivity contribution in [2.24, 2.45) is 5.10 Å². The fourth-order valence-electron chi connectivity index (χ4n) is 2.80. The van der Waals surface area contributed by atoms with E-state index in [1.807, 2.05) is 48.5 Å².